The smallest absolute Gasteiger partial charge is 0.292 e. The molecule has 0 saturated carbocycles. The Labute approximate surface area is 174 Å². The van der Waals surface area contributed by atoms with Gasteiger partial charge in [-0.05, 0) is 25.1 Å². The zero-order valence-electron chi connectivity index (χ0n) is 15.7. The number of pyridine rings is 1. The number of carbonyl (C=O) groups excluding carboxylic acids is 1. The van der Waals surface area contributed by atoms with E-state index in [2.05, 4.69) is 31.0 Å². The summed E-state index contributed by atoms with van der Waals surface area (Å²) in [4.78, 5) is 26.6. The molecule has 0 radical (unpaired) electrons. The number of carbonyl (C=O) groups is 1. The van der Waals surface area contributed by atoms with Gasteiger partial charge < -0.3 is 11.2 Å². The van der Waals surface area contributed by atoms with Crippen LogP contribution in [-0.4, -0.2) is 42.2 Å². The number of nitrogens with two attached hydrogens (primary N) is 1. The van der Waals surface area contributed by atoms with Crippen molar-refractivity contribution >= 4 is 40.7 Å². The molecule has 2 aromatic heterocycles. The molecule has 0 atom stereocenters. The Morgan fingerprint density at radius 2 is 2.00 bits per heavy atom. The van der Waals surface area contributed by atoms with Crippen LogP contribution >= 0.6 is 11.8 Å². The summed E-state index contributed by atoms with van der Waals surface area (Å²) in [5, 5.41) is 25.8. The number of aromatic nitrogens is 4. The number of nitro groups is 1. The van der Waals surface area contributed by atoms with Gasteiger partial charge in [0.2, 0.25) is 11.1 Å². The van der Waals surface area contributed by atoms with Gasteiger partial charge in [0.15, 0.2) is 0 Å². The molecule has 0 aliphatic heterocycles. The Kier molecular flexibility index (Phi) is 6.54. The highest BCUT2D eigenvalue weighted by Gasteiger charge is 2.16. The zero-order chi connectivity index (χ0) is 21.5. The minimum Gasteiger partial charge on any atom is -0.334 e. The Balaban J connectivity index is 1.59. The van der Waals surface area contributed by atoms with Crippen molar-refractivity contribution in [3.63, 3.8) is 0 Å². The van der Waals surface area contributed by atoms with E-state index in [4.69, 9.17) is 5.84 Å². The lowest BCUT2D eigenvalue weighted by atomic mass is 10.2. The molecule has 3 aromatic rings. The average Bonchev–Trinajstić information content (AvgIpc) is 3.10. The van der Waals surface area contributed by atoms with Gasteiger partial charge in [0.1, 0.15) is 5.69 Å². The maximum absolute atomic E-state index is 12.2. The molecule has 0 fully saturated rings. The van der Waals surface area contributed by atoms with E-state index in [1.54, 1.807) is 18.5 Å². The third-order valence-electron chi connectivity index (χ3n) is 3.79. The molecule has 4 N–H and O–H groups in total. The van der Waals surface area contributed by atoms with Crippen molar-refractivity contribution < 1.29 is 9.72 Å². The van der Waals surface area contributed by atoms with Crippen LogP contribution in [0.4, 0.5) is 17.3 Å². The number of hydrogen-bond acceptors (Lipinski definition) is 10. The highest BCUT2D eigenvalue weighted by atomic mass is 32.2. The first-order valence-electron chi connectivity index (χ1n) is 8.53. The Morgan fingerprint density at radius 3 is 2.73 bits per heavy atom. The largest absolute Gasteiger partial charge is 0.334 e. The quantitative estimate of drug-likeness (QED) is 0.160. The van der Waals surface area contributed by atoms with Crippen LogP contribution in [0.3, 0.4) is 0 Å². The molecule has 12 nitrogen and oxygen atoms in total. The van der Waals surface area contributed by atoms with E-state index < -0.39 is 10.8 Å². The molecule has 0 bridgehead atoms. The van der Waals surface area contributed by atoms with E-state index in [1.165, 1.54) is 18.2 Å². The number of rotatable bonds is 8. The van der Waals surface area contributed by atoms with Crippen LogP contribution in [0.15, 0.2) is 59.0 Å². The lowest BCUT2D eigenvalue weighted by Gasteiger charge is -2.06. The summed E-state index contributed by atoms with van der Waals surface area (Å²) in [6, 6.07) is 9.50. The van der Waals surface area contributed by atoms with Crippen LogP contribution in [0, 0.1) is 10.1 Å². The zero-order valence-corrected chi connectivity index (χ0v) is 16.5. The van der Waals surface area contributed by atoms with Gasteiger partial charge in [0, 0.05) is 24.0 Å². The van der Waals surface area contributed by atoms with Crippen LogP contribution in [0.2, 0.25) is 0 Å². The highest BCUT2D eigenvalue weighted by molar-refractivity contribution is 7.99. The first-order valence-corrected chi connectivity index (χ1v) is 9.51. The molecule has 154 valence electrons. The van der Waals surface area contributed by atoms with Crippen LogP contribution in [0.1, 0.15) is 12.5 Å². The molecule has 0 saturated heterocycles. The highest BCUT2D eigenvalue weighted by Crippen LogP contribution is 2.24. The normalized spacial score (nSPS) is 11.2. The van der Waals surface area contributed by atoms with Gasteiger partial charge in [-0.25, -0.2) is 10.1 Å². The van der Waals surface area contributed by atoms with Gasteiger partial charge in [0.25, 0.3) is 11.6 Å². The SMILES string of the molecule is C/C(=N\Nc1nnc(SCC(=O)Nc2ccccc2[N+](=O)[O-])n1N)c1ccncc1. The summed E-state index contributed by atoms with van der Waals surface area (Å²) in [5.41, 5.74) is 4.22. The number of nitrogens with zero attached hydrogens (tertiary/aromatic N) is 6. The molecule has 0 aliphatic carbocycles. The standard InChI is InChI=1S/C17H17N9O3S/c1-11(12-6-8-19-9-7-12)21-22-16-23-24-17(25(16)18)30-10-15(27)20-13-4-2-3-5-14(13)26(28)29/h2-9H,10,18H2,1H3,(H,20,27)(H,22,23)/b21-11+. The van der Waals surface area contributed by atoms with Crippen molar-refractivity contribution in [2.75, 3.05) is 22.3 Å². The lowest BCUT2D eigenvalue weighted by molar-refractivity contribution is -0.383. The number of nitrogen functional groups attached to an aromatic ring is 1. The first-order chi connectivity index (χ1) is 14.5. The number of anilines is 2. The predicted molar refractivity (Wildman–Crippen MR) is 113 cm³/mol. The first kappa shape index (κ1) is 20.7. The Bertz CT molecular complexity index is 1090. The summed E-state index contributed by atoms with van der Waals surface area (Å²) in [7, 11) is 0. The minimum absolute atomic E-state index is 0.0688. The van der Waals surface area contributed by atoms with Gasteiger partial charge in [-0.15, -0.1) is 10.2 Å². The van der Waals surface area contributed by atoms with Gasteiger partial charge in [-0.1, -0.05) is 23.9 Å². The van der Waals surface area contributed by atoms with Crippen molar-refractivity contribution in [2.45, 2.75) is 12.1 Å². The summed E-state index contributed by atoms with van der Waals surface area (Å²) >= 11 is 1.03. The van der Waals surface area contributed by atoms with E-state index in [1.807, 2.05) is 19.1 Å². The third kappa shape index (κ3) is 5.08. The fourth-order valence-electron chi connectivity index (χ4n) is 2.30. The molecule has 0 unspecified atom stereocenters. The van der Waals surface area contributed by atoms with Crippen LogP contribution in [0.5, 0.6) is 0 Å². The second kappa shape index (κ2) is 9.47. The molecule has 1 aromatic carbocycles. The number of benzene rings is 1. The summed E-state index contributed by atoms with van der Waals surface area (Å²) < 4.78 is 1.16. The van der Waals surface area contributed by atoms with Crippen LogP contribution < -0.4 is 16.6 Å². The molecule has 0 spiro atoms. The van der Waals surface area contributed by atoms with Crippen molar-refractivity contribution in [1.82, 2.24) is 19.9 Å². The summed E-state index contributed by atoms with van der Waals surface area (Å²) in [5.74, 6) is 5.61. The second-order valence-electron chi connectivity index (χ2n) is 5.83. The Hall–Kier alpha value is -4.00. The Morgan fingerprint density at radius 1 is 1.27 bits per heavy atom. The van der Waals surface area contributed by atoms with E-state index in [0.717, 1.165) is 22.0 Å². The van der Waals surface area contributed by atoms with Crippen LogP contribution in [-0.2, 0) is 4.79 Å². The van der Waals surface area contributed by atoms with Crippen molar-refractivity contribution in [1.29, 1.82) is 0 Å². The molecule has 30 heavy (non-hydrogen) atoms. The third-order valence-corrected chi connectivity index (χ3v) is 4.74. The number of para-hydroxylation sites is 2. The van der Waals surface area contributed by atoms with Gasteiger partial charge in [0.05, 0.1) is 16.4 Å². The fourth-order valence-corrected chi connectivity index (χ4v) is 2.95. The van der Waals surface area contributed by atoms with Crippen molar-refractivity contribution in [3.05, 3.63) is 64.5 Å². The number of nitrogens with one attached hydrogen (secondary N) is 2. The van der Waals surface area contributed by atoms with Crippen molar-refractivity contribution in [3.8, 4) is 0 Å². The van der Waals surface area contributed by atoms with Gasteiger partial charge in [-0.2, -0.15) is 5.10 Å². The van der Waals surface area contributed by atoms with Crippen molar-refractivity contribution in [2.24, 2.45) is 5.10 Å². The molecule has 0 aliphatic rings. The van der Waals surface area contributed by atoms with Gasteiger partial charge in [-0.3, -0.25) is 19.9 Å². The van der Waals surface area contributed by atoms with E-state index >= 15 is 0 Å². The number of hydrogen-bond donors (Lipinski definition) is 3. The lowest BCUT2D eigenvalue weighted by Crippen LogP contribution is -2.17. The minimum atomic E-state index is -0.564. The monoisotopic (exact) mass is 427 g/mol. The topological polar surface area (TPSA) is 166 Å². The molecule has 2 heterocycles. The van der Waals surface area contributed by atoms with E-state index in [0.29, 0.717) is 5.71 Å². The van der Waals surface area contributed by atoms with E-state index in [9.17, 15) is 14.9 Å². The maximum Gasteiger partial charge on any atom is 0.292 e. The average molecular weight is 427 g/mol. The van der Waals surface area contributed by atoms with Gasteiger partial charge >= 0.3 is 0 Å². The number of hydrazone groups is 1. The summed E-state index contributed by atoms with van der Waals surface area (Å²) in [6.45, 7) is 1.81. The molecule has 1 amide bonds. The molecular weight excluding hydrogens is 410 g/mol. The molecular formula is C17H17N9O3S. The number of thioether (sulfide) groups is 1. The number of nitro benzene ring substituents is 1. The number of amides is 1. The second-order valence-corrected chi connectivity index (χ2v) is 6.77. The predicted octanol–water partition coefficient (Wildman–Crippen LogP) is 1.86. The molecule has 3 rings (SSSR count). The van der Waals surface area contributed by atoms with E-state index in [-0.39, 0.29) is 28.2 Å². The summed E-state index contributed by atoms with van der Waals surface area (Å²) in [6.07, 6.45) is 3.31. The fraction of sp³-hybridized carbons (Fsp3) is 0.118. The maximum atomic E-state index is 12.2. The van der Waals surface area contributed by atoms with Crippen LogP contribution in [0.25, 0.3) is 0 Å². The molecule has 13 heteroatoms.